The van der Waals surface area contributed by atoms with E-state index in [-0.39, 0.29) is 0 Å². The normalized spacial score (nSPS) is 12.0. The zero-order valence-electron chi connectivity index (χ0n) is 10.5. The summed E-state index contributed by atoms with van der Waals surface area (Å²) in [5, 5.41) is 3.52. The van der Waals surface area contributed by atoms with Crippen molar-refractivity contribution in [1.29, 1.82) is 0 Å². The van der Waals surface area contributed by atoms with Gasteiger partial charge in [0.15, 0.2) is 0 Å². The van der Waals surface area contributed by atoms with Crippen LogP contribution in [0.1, 0.15) is 26.2 Å². The second kappa shape index (κ2) is 9.15. The van der Waals surface area contributed by atoms with Crippen LogP contribution in [0.2, 0.25) is 0 Å². The smallest absolute Gasteiger partial charge is 0.0161 e. The Morgan fingerprint density at radius 1 is 1.35 bits per heavy atom. The van der Waals surface area contributed by atoms with Gasteiger partial charge in [-0.25, -0.2) is 0 Å². The van der Waals surface area contributed by atoms with Crippen LogP contribution in [-0.2, 0) is 0 Å². The molecule has 1 aromatic carbocycles. The van der Waals surface area contributed by atoms with Crippen molar-refractivity contribution in [2.75, 3.05) is 12.3 Å². The fourth-order valence-corrected chi connectivity index (χ4v) is 2.72. The van der Waals surface area contributed by atoms with Crippen LogP contribution in [0.5, 0.6) is 0 Å². The molecule has 0 spiro atoms. The van der Waals surface area contributed by atoms with Gasteiger partial charge in [0, 0.05) is 23.1 Å². The summed E-state index contributed by atoms with van der Waals surface area (Å²) in [7, 11) is 0. The van der Waals surface area contributed by atoms with E-state index in [4.69, 9.17) is 6.42 Å². The highest BCUT2D eigenvalue weighted by Gasteiger charge is 2.07. The van der Waals surface area contributed by atoms with Crippen LogP contribution in [0.3, 0.4) is 0 Å². The van der Waals surface area contributed by atoms with Crippen LogP contribution in [0.15, 0.2) is 35.2 Å². The molecular weight excluding hydrogens is 226 g/mol. The molecule has 92 valence electrons. The Hall–Kier alpha value is -0.910. The summed E-state index contributed by atoms with van der Waals surface area (Å²) in [4.78, 5) is 1.34. The van der Waals surface area contributed by atoms with E-state index in [1.165, 1.54) is 4.90 Å². The Morgan fingerprint density at radius 2 is 2.12 bits per heavy atom. The molecule has 1 rings (SSSR count). The SMILES string of the molecule is C#CCCCC(CSc1ccccc1)NCC. The maximum atomic E-state index is 5.28. The first-order chi connectivity index (χ1) is 8.36. The fourth-order valence-electron chi connectivity index (χ4n) is 1.70. The molecule has 0 saturated heterocycles. The molecule has 0 aliphatic heterocycles. The summed E-state index contributed by atoms with van der Waals surface area (Å²) >= 11 is 1.91. The fraction of sp³-hybridized carbons (Fsp3) is 0.467. The largest absolute Gasteiger partial charge is 0.313 e. The summed E-state index contributed by atoms with van der Waals surface area (Å²) in [5.74, 6) is 3.82. The summed E-state index contributed by atoms with van der Waals surface area (Å²) < 4.78 is 0. The molecule has 0 bridgehead atoms. The van der Waals surface area contributed by atoms with Crippen molar-refractivity contribution in [1.82, 2.24) is 5.32 Å². The van der Waals surface area contributed by atoms with Crippen LogP contribution in [-0.4, -0.2) is 18.3 Å². The lowest BCUT2D eigenvalue weighted by Gasteiger charge is -2.16. The zero-order chi connectivity index (χ0) is 12.3. The number of unbranched alkanes of at least 4 members (excludes halogenated alkanes) is 1. The molecule has 1 N–H and O–H groups in total. The third kappa shape index (κ3) is 6.41. The van der Waals surface area contributed by atoms with Crippen LogP contribution in [0, 0.1) is 12.3 Å². The van der Waals surface area contributed by atoms with Gasteiger partial charge in [-0.15, -0.1) is 24.1 Å². The molecule has 0 heterocycles. The van der Waals surface area contributed by atoms with Crippen LogP contribution in [0.4, 0.5) is 0 Å². The van der Waals surface area contributed by atoms with Crippen molar-refractivity contribution < 1.29 is 0 Å². The molecule has 1 nitrogen and oxygen atoms in total. The predicted octanol–water partition coefficient (Wildman–Crippen LogP) is 3.56. The van der Waals surface area contributed by atoms with Gasteiger partial charge in [-0.05, 0) is 31.5 Å². The maximum Gasteiger partial charge on any atom is 0.0161 e. The van der Waals surface area contributed by atoms with E-state index in [9.17, 15) is 0 Å². The highest BCUT2D eigenvalue weighted by atomic mass is 32.2. The van der Waals surface area contributed by atoms with Crippen LogP contribution < -0.4 is 5.32 Å². The standard InChI is InChI=1S/C15H21NS/c1-3-5-7-10-14(16-4-2)13-17-15-11-8-6-9-12-15/h1,6,8-9,11-12,14,16H,4-5,7,10,13H2,2H3. The van der Waals surface area contributed by atoms with E-state index >= 15 is 0 Å². The third-order valence-corrected chi connectivity index (χ3v) is 3.74. The molecule has 0 aliphatic rings. The quantitative estimate of drug-likeness (QED) is 0.428. The van der Waals surface area contributed by atoms with Gasteiger partial charge in [-0.3, -0.25) is 0 Å². The average Bonchev–Trinajstić information content (AvgIpc) is 2.37. The van der Waals surface area contributed by atoms with Gasteiger partial charge in [0.25, 0.3) is 0 Å². The number of hydrogen-bond donors (Lipinski definition) is 1. The average molecular weight is 247 g/mol. The Balaban J connectivity index is 2.31. The van der Waals surface area contributed by atoms with E-state index in [2.05, 4.69) is 48.5 Å². The number of benzene rings is 1. The van der Waals surface area contributed by atoms with E-state index in [1.807, 2.05) is 11.8 Å². The molecule has 17 heavy (non-hydrogen) atoms. The first-order valence-electron chi connectivity index (χ1n) is 6.21. The molecular formula is C15H21NS. The van der Waals surface area contributed by atoms with Crippen molar-refractivity contribution in [3.05, 3.63) is 30.3 Å². The molecule has 0 fully saturated rings. The van der Waals surface area contributed by atoms with Gasteiger partial charge in [0.2, 0.25) is 0 Å². The van der Waals surface area contributed by atoms with Gasteiger partial charge in [-0.1, -0.05) is 25.1 Å². The lowest BCUT2D eigenvalue weighted by Crippen LogP contribution is -2.31. The maximum absolute atomic E-state index is 5.28. The van der Waals surface area contributed by atoms with E-state index in [1.54, 1.807) is 0 Å². The van der Waals surface area contributed by atoms with E-state index in [0.29, 0.717) is 6.04 Å². The third-order valence-electron chi connectivity index (χ3n) is 2.56. The molecule has 0 saturated carbocycles. The lowest BCUT2D eigenvalue weighted by atomic mass is 10.1. The Kier molecular flexibility index (Phi) is 7.62. The highest BCUT2D eigenvalue weighted by Crippen LogP contribution is 2.19. The number of thioether (sulfide) groups is 1. The van der Waals surface area contributed by atoms with Gasteiger partial charge in [0.05, 0.1) is 0 Å². The van der Waals surface area contributed by atoms with Crippen LogP contribution in [0.25, 0.3) is 0 Å². The first-order valence-corrected chi connectivity index (χ1v) is 7.20. The molecule has 1 atom stereocenters. The van der Waals surface area contributed by atoms with Crippen LogP contribution >= 0.6 is 11.8 Å². The minimum absolute atomic E-state index is 0.568. The minimum atomic E-state index is 0.568. The van der Waals surface area contributed by atoms with E-state index < -0.39 is 0 Å². The predicted molar refractivity (Wildman–Crippen MR) is 77.3 cm³/mol. The second-order valence-corrected chi connectivity index (χ2v) is 5.07. The number of nitrogens with one attached hydrogen (secondary N) is 1. The van der Waals surface area contributed by atoms with Crippen molar-refractivity contribution in [3.63, 3.8) is 0 Å². The number of rotatable bonds is 8. The molecule has 2 heteroatoms. The highest BCUT2D eigenvalue weighted by molar-refractivity contribution is 7.99. The van der Waals surface area contributed by atoms with Gasteiger partial charge in [-0.2, -0.15) is 0 Å². The van der Waals surface area contributed by atoms with Gasteiger partial charge in [0.1, 0.15) is 0 Å². The molecule has 1 aromatic rings. The molecule has 1 unspecified atom stereocenters. The van der Waals surface area contributed by atoms with Crippen molar-refractivity contribution in [3.8, 4) is 12.3 Å². The summed E-state index contributed by atoms with van der Waals surface area (Å²) in [5.41, 5.74) is 0. The van der Waals surface area contributed by atoms with Crippen molar-refractivity contribution >= 4 is 11.8 Å². The molecule has 0 aromatic heterocycles. The molecule has 0 amide bonds. The second-order valence-electron chi connectivity index (χ2n) is 3.98. The topological polar surface area (TPSA) is 12.0 Å². The molecule has 0 radical (unpaired) electrons. The van der Waals surface area contributed by atoms with Crippen molar-refractivity contribution in [2.24, 2.45) is 0 Å². The summed E-state index contributed by atoms with van der Waals surface area (Å²) in [6.45, 7) is 3.18. The number of hydrogen-bond acceptors (Lipinski definition) is 2. The Labute approximate surface area is 109 Å². The summed E-state index contributed by atoms with van der Waals surface area (Å²) in [6.07, 6.45) is 8.44. The molecule has 0 aliphatic carbocycles. The Bertz CT molecular complexity index is 329. The monoisotopic (exact) mass is 247 g/mol. The first kappa shape index (κ1) is 14.2. The Morgan fingerprint density at radius 3 is 2.76 bits per heavy atom. The zero-order valence-corrected chi connectivity index (χ0v) is 11.3. The van der Waals surface area contributed by atoms with E-state index in [0.717, 1.165) is 31.6 Å². The number of terminal acetylenes is 1. The minimum Gasteiger partial charge on any atom is -0.313 e. The lowest BCUT2D eigenvalue weighted by molar-refractivity contribution is 0.523. The van der Waals surface area contributed by atoms with Gasteiger partial charge >= 0.3 is 0 Å². The van der Waals surface area contributed by atoms with Gasteiger partial charge < -0.3 is 5.32 Å². The van der Waals surface area contributed by atoms with Crippen molar-refractivity contribution in [2.45, 2.75) is 37.1 Å². The summed E-state index contributed by atoms with van der Waals surface area (Å²) in [6, 6.07) is 11.1.